The molecule has 0 bridgehead atoms. The number of benzene rings is 2. The Hall–Kier alpha value is -2.69. The zero-order valence-corrected chi connectivity index (χ0v) is 13.5. The first-order valence-corrected chi connectivity index (χ1v) is 7.62. The van der Waals surface area contributed by atoms with Crippen molar-refractivity contribution in [3.63, 3.8) is 0 Å². The Morgan fingerprint density at radius 2 is 1.57 bits per heavy atom. The van der Waals surface area contributed by atoms with Crippen molar-refractivity contribution >= 4 is 17.3 Å². The molecule has 0 unspecified atom stereocenters. The minimum absolute atomic E-state index is 0.0322. The molecular weight excluding hydrogens is 292 g/mol. The van der Waals surface area contributed by atoms with Crippen LogP contribution in [-0.4, -0.2) is 26.2 Å². The lowest BCUT2D eigenvalue weighted by molar-refractivity contribution is -0.115. The average molecular weight is 314 g/mol. The number of hydrogen-bond donors (Lipinski definition) is 2. The van der Waals surface area contributed by atoms with E-state index in [0.29, 0.717) is 19.6 Å². The number of hydrogen-bond acceptors (Lipinski definition) is 4. The van der Waals surface area contributed by atoms with Gasteiger partial charge in [0.25, 0.3) is 0 Å². The largest absolute Gasteiger partial charge is 0.497 e. The Morgan fingerprint density at radius 1 is 0.957 bits per heavy atom. The molecule has 2 N–H and O–H groups in total. The topological polar surface area (TPSA) is 59.6 Å². The van der Waals surface area contributed by atoms with Crippen molar-refractivity contribution in [2.24, 2.45) is 0 Å². The summed E-state index contributed by atoms with van der Waals surface area (Å²) in [6, 6.07) is 14.9. The monoisotopic (exact) mass is 314 g/mol. The van der Waals surface area contributed by atoms with E-state index in [-0.39, 0.29) is 5.91 Å². The molecule has 0 aliphatic heterocycles. The highest BCUT2D eigenvalue weighted by Crippen LogP contribution is 2.16. The molecule has 5 heteroatoms. The summed E-state index contributed by atoms with van der Waals surface area (Å²) in [5.41, 5.74) is 1.72. The number of carbonyl (C=O) groups is 1. The molecule has 1 amide bonds. The molecule has 0 saturated heterocycles. The van der Waals surface area contributed by atoms with Gasteiger partial charge in [0.1, 0.15) is 11.5 Å². The Balaban J connectivity index is 1.73. The molecule has 0 aliphatic rings. The SMILES string of the molecule is CCOc1ccc(NC(=O)CCNc2ccc(OC)cc2)cc1. The highest BCUT2D eigenvalue weighted by Gasteiger charge is 2.03. The summed E-state index contributed by atoms with van der Waals surface area (Å²) in [6.45, 7) is 3.13. The van der Waals surface area contributed by atoms with E-state index in [2.05, 4.69) is 10.6 Å². The first-order valence-electron chi connectivity index (χ1n) is 7.62. The average Bonchev–Trinajstić information content (AvgIpc) is 2.57. The number of anilines is 2. The molecule has 2 aromatic carbocycles. The van der Waals surface area contributed by atoms with Gasteiger partial charge in [0.2, 0.25) is 5.91 Å². The second kappa shape index (κ2) is 8.68. The van der Waals surface area contributed by atoms with E-state index in [0.717, 1.165) is 22.9 Å². The van der Waals surface area contributed by atoms with E-state index in [9.17, 15) is 4.79 Å². The van der Waals surface area contributed by atoms with Crippen LogP contribution < -0.4 is 20.1 Å². The molecular formula is C18H22N2O3. The lowest BCUT2D eigenvalue weighted by Gasteiger charge is -2.09. The second-order valence-electron chi connectivity index (χ2n) is 4.91. The van der Waals surface area contributed by atoms with Gasteiger partial charge in [-0.1, -0.05) is 0 Å². The molecule has 0 saturated carbocycles. The quantitative estimate of drug-likeness (QED) is 0.782. The predicted molar refractivity (Wildman–Crippen MR) is 92.3 cm³/mol. The van der Waals surface area contributed by atoms with Gasteiger partial charge >= 0.3 is 0 Å². The molecule has 0 atom stereocenters. The maximum absolute atomic E-state index is 11.9. The molecule has 0 fully saturated rings. The van der Waals surface area contributed by atoms with Crippen LogP contribution in [0.4, 0.5) is 11.4 Å². The highest BCUT2D eigenvalue weighted by molar-refractivity contribution is 5.91. The second-order valence-corrected chi connectivity index (χ2v) is 4.91. The third-order valence-corrected chi connectivity index (χ3v) is 3.22. The third kappa shape index (κ3) is 5.54. The van der Waals surface area contributed by atoms with Gasteiger partial charge in [-0.05, 0) is 55.5 Å². The van der Waals surface area contributed by atoms with E-state index < -0.39 is 0 Å². The number of carbonyl (C=O) groups excluding carboxylic acids is 1. The van der Waals surface area contributed by atoms with Gasteiger partial charge in [0.15, 0.2) is 0 Å². The smallest absolute Gasteiger partial charge is 0.226 e. The van der Waals surface area contributed by atoms with Crippen LogP contribution in [0, 0.1) is 0 Å². The fraction of sp³-hybridized carbons (Fsp3) is 0.278. The maximum Gasteiger partial charge on any atom is 0.226 e. The molecule has 0 heterocycles. The fourth-order valence-corrected chi connectivity index (χ4v) is 2.05. The van der Waals surface area contributed by atoms with Crippen molar-refractivity contribution in [3.8, 4) is 11.5 Å². The predicted octanol–water partition coefficient (Wildman–Crippen LogP) is 3.53. The molecule has 122 valence electrons. The van der Waals surface area contributed by atoms with Crippen molar-refractivity contribution in [2.75, 3.05) is 30.9 Å². The Labute approximate surface area is 136 Å². The third-order valence-electron chi connectivity index (χ3n) is 3.22. The van der Waals surface area contributed by atoms with Crippen molar-refractivity contribution in [3.05, 3.63) is 48.5 Å². The number of methoxy groups -OCH3 is 1. The van der Waals surface area contributed by atoms with Gasteiger partial charge in [-0.3, -0.25) is 4.79 Å². The number of amides is 1. The molecule has 2 rings (SSSR count). The van der Waals surface area contributed by atoms with Gasteiger partial charge in [0.05, 0.1) is 13.7 Å². The number of nitrogens with one attached hydrogen (secondary N) is 2. The van der Waals surface area contributed by atoms with Gasteiger partial charge in [-0.2, -0.15) is 0 Å². The summed E-state index contributed by atoms with van der Waals surface area (Å²) in [5, 5.41) is 6.06. The molecule has 0 spiro atoms. The van der Waals surface area contributed by atoms with Crippen molar-refractivity contribution in [1.29, 1.82) is 0 Å². The lowest BCUT2D eigenvalue weighted by atomic mass is 10.2. The normalized spacial score (nSPS) is 10.0. The summed E-state index contributed by atoms with van der Waals surface area (Å²) >= 11 is 0. The zero-order chi connectivity index (χ0) is 16.5. The van der Waals surface area contributed by atoms with Crippen LogP contribution in [0.3, 0.4) is 0 Å². The summed E-state index contributed by atoms with van der Waals surface area (Å²) in [7, 11) is 1.63. The minimum Gasteiger partial charge on any atom is -0.497 e. The van der Waals surface area contributed by atoms with Crippen LogP contribution in [0.2, 0.25) is 0 Å². The summed E-state index contributed by atoms with van der Waals surface area (Å²) in [6.07, 6.45) is 0.388. The van der Waals surface area contributed by atoms with Gasteiger partial charge in [-0.25, -0.2) is 0 Å². The zero-order valence-electron chi connectivity index (χ0n) is 13.5. The summed E-state index contributed by atoms with van der Waals surface area (Å²) in [4.78, 5) is 11.9. The number of rotatable bonds is 8. The van der Waals surface area contributed by atoms with Gasteiger partial charge in [0, 0.05) is 24.3 Å². The van der Waals surface area contributed by atoms with Gasteiger partial charge in [-0.15, -0.1) is 0 Å². The van der Waals surface area contributed by atoms with Crippen LogP contribution >= 0.6 is 0 Å². The van der Waals surface area contributed by atoms with Crippen LogP contribution in [0.25, 0.3) is 0 Å². The molecule has 0 radical (unpaired) electrons. The lowest BCUT2D eigenvalue weighted by Crippen LogP contribution is -2.16. The molecule has 23 heavy (non-hydrogen) atoms. The van der Waals surface area contributed by atoms with Crippen molar-refractivity contribution in [1.82, 2.24) is 0 Å². The molecule has 0 aliphatic carbocycles. The van der Waals surface area contributed by atoms with Crippen LogP contribution in [0.5, 0.6) is 11.5 Å². The Bertz CT molecular complexity index is 609. The van der Waals surface area contributed by atoms with Crippen molar-refractivity contribution < 1.29 is 14.3 Å². The Kier molecular flexibility index (Phi) is 6.29. The van der Waals surface area contributed by atoms with Crippen LogP contribution in [0.15, 0.2) is 48.5 Å². The van der Waals surface area contributed by atoms with E-state index in [1.165, 1.54) is 0 Å². The summed E-state index contributed by atoms with van der Waals surface area (Å²) in [5.74, 6) is 1.57. The Morgan fingerprint density at radius 3 is 2.17 bits per heavy atom. The van der Waals surface area contributed by atoms with E-state index in [1.54, 1.807) is 7.11 Å². The maximum atomic E-state index is 11.9. The molecule has 5 nitrogen and oxygen atoms in total. The first-order chi connectivity index (χ1) is 11.2. The van der Waals surface area contributed by atoms with E-state index in [4.69, 9.17) is 9.47 Å². The standard InChI is InChI=1S/C18H22N2O3/c1-3-23-17-10-6-15(7-11-17)20-18(21)12-13-19-14-4-8-16(22-2)9-5-14/h4-11,19H,3,12-13H2,1-2H3,(H,20,21). The van der Waals surface area contributed by atoms with E-state index in [1.807, 2.05) is 55.5 Å². The molecule has 2 aromatic rings. The first kappa shape index (κ1) is 16.7. The summed E-state index contributed by atoms with van der Waals surface area (Å²) < 4.78 is 10.5. The fourth-order valence-electron chi connectivity index (χ4n) is 2.05. The highest BCUT2D eigenvalue weighted by atomic mass is 16.5. The van der Waals surface area contributed by atoms with Crippen molar-refractivity contribution in [2.45, 2.75) is 13.3 Å². The number of ether oxygens (including phenoxy) is 2. The molecule has 0 aromatic heterocycles. The van der Waals surface area contributed by atoms with E-state index >= 15 is 0 Å². The minimum atomic E-state index is -0.0322. The van der Waals surface area contributed by atoms with Crippen LogP contribution in [-0.2, 0) is 4.79 Å². The van der Waals surface area contributed by atoms with Gasteiger partial charge < -0.3 is 20.1 Å². The van der Waals surface area contributed by atoms with Crippen LogP contribution in [0.1, 0.15) is 13.3 Å².